The van der Waals surface area contributed by atoms with Crippen molar-refractivity contribution in [3.8, 4) is 0 Å². The van der Waals surface area contributed by atoms with Gasteiger partial charge in [-0.1, -0.05) is 23.2 Å². The topological polar surface area (TPSA) is 35.5 Å². The molecule has 0 radical (unpaired) electrons. The molecule has 0 aliphatic rings. The maximum absolute atomic E-state index is 11.8. The lowest BCUT2D eigenvalue weighted by Gasteiger charge is -2.04. The standard InChI is InChI=1S/C13H16Cl2O3.C2H4/c1-17-7-8-18-6-2-3-13(16)10-4-5-11(14)12(15)9-10;1-2/h4-5,9H,2-3,6-8H2,1H3;1-2H2. The molecule has 0 aliphatic heterocycles. The van der Waals surface area contributed by atoms with Gasteiger partial charge in [0.05, 0.1) is 23.3 Å². The Labute approximate surface area is 130 Å². The third-order valence-electron chi connectivity index (χ3n) is 2.37. The van der Waals surface area contributed by atoms with Gasteiger partial charge in [-0.15, -0.1) is 13.2 Å². The zero-order valence-corrected chi connectivity index (χ0v) is 13.2. The molecule has 20 heavy (non-hydrogen) atoms. The van der Waals surface area contributed by atoms with Gasteiger partial charge in [-0.2, -0.15) is 0 Å². The number of methoxy groups -OCH3 is 1. The average Bonchev–Trinajstić information content (AvgIpc) is 2.47. The van der Waals surface area contributed by atoms with Crippen molar-refractivity contribution in [2.75, 3.05) is 26.9 Å². The lowest BCUT2D eigenvalue weighted by Crippen LogP contribution is -2.05. The maximum Gasteiger partial charge on any atom is 0.163 e. The van der Waals surface area contributed by atoms with Crippen molar-refractivity contribution in [1.29, 1.82) is 0 Å². The third-order valence-corrected chi connectivity index (χ3v) is 3.10. The number of ketones is 1. The fourth-order valence-electron chi connectivity index (χ4n) is 1.39. The number of benzene rings is 1. The summed E-state index contributed by atoms with van der Waals surface area (Å²) in [6, 6.07) is 4.91. The van der Waals surface area contributed by atoms with Gasteiger partial charge >= 0.3 is 0 Å². The first-order chi connectivity index (χ1) is 9.65. The summed E-state index contributed by atoms with van der Waals surface area (Å²) in [5, 5.41) is 0.856. The van der Waals surface area contributed by atoms with Crippen molar-refractivity contribution in [2.24, 2.45) is 0 Å². The van der Waals surface area contributed by atoms with Crippen molar-refractivity contribution < 1.29 is 14.3 Å². The van der Waals surface area contributed by atoms with Gasteiger partial charge in [0, 0.05) is 25.7 Å². The zero-order chi connectivity index (χ0) is 15.4. The van der Waals surface area contributed by atoms with Crippen molar-refractivity contribution >= 4 is 29.0 Å². The number of halogens is 2. The number of hydrogen-bond acceptors (Lipinski definition) is 3. The van der Waals surface area contributed by atoms with Gasteiger partial charge in [-0.3, -0.25) is 4.79 Å². The molecule has 112 valence electrons. The minimum atomic E-state index is 0.0453. The Hall–Kier alpha value is -0.870. The van der Waals surface area contributed by atoms with Gasteiger partial charge in [0.25, 0.3) is 0 Å². The molecule has 0 aliphatic carbocycles. The number of Topliss-reactive ketones (excluding diaryl/α,β-unsaturated/α-hetero) is 1. The van der Waals surface area contributed by atoms with Crippen LogP contribution in [-0.2, 0) is 9.47 Å². The molecule has 1 rings (SSSR count). The van der Waals surface area contributed by atoms with E-state index in [4.69, 9.17) is 32.7 Å². The summed E-state index contributed by atoms with van der Waals surface area (Å²) in [5.41, 5.74) is 0.585. The molecule has 0 amide bonds. The molecule has 0 N–H and O–H groups in total. The molecule has 0 unspecified atom stereocenters. The van der Waals surface area contributed by atoms with Crippen LogP contribution in [0.15, 0.2) is 31.4 Å². The fraction of sp³-hybridized carbons (Fsp3) is 0.400. The highest BCUT2D eigenvalue weighted by atomic mass is 35.5. The normalized spacial score (nSPS) is 9.75. The van der Waals surface area contributed by atoms with Crippen molar-refractivity contribution in [3.05, 3.63) is 47.0 Å². The summed E-state index contributed by atoms with van der Waals surface area (Å²) < 4.78 is 10.1. The van der Waals surface area contributed by atoms with Gasteiger partial charge < -0.3 is 9.47 Å². The predicted molar refractivity (Wildman–Crippen MR) is 84.0 cm³/mol. The summed E-state index contributed by atoms with van der Waals surface area (Å²) in [7, 11) is 1.62. The quantitative estimate of drug-likeness (QED) is 0.404. The first-order valence-electron chi connectivity index (χ1n) is 6.20. The molecule has 0 bridgehead atoms. The molecule has 0 saturated heterocycles. The van der Waals surface area contributed by atoms with E-state index in [9.17, 15) is 4.79 Å². The Kier molecular flexibility index (Phi) is 11.4. The van der Waals surface area contributed by atoms with Crippen LogP contribution in [-0.4, -0.2) is 32.7 Å². The largest absolute Gasteiger partial charge is 0.382 e. The third kappa shape index (κ3) is 7.65. The highest BCUT2D eigenvalue weighted by molar-refractivity contribution is 6.42. The molecule has 5 heteroatoms. The van der Waals surface area contributed by atoms with E-state index in [0.29, 0.717) is 48.3 Å². The highest BCUT2D eigenvalue weighted by Crippen LogP contribution is 2.23. The average molecular weight is 319 g/mol. The zero-order valence-electron chi connectivity index (χ0n) is 11.7. The van der Waals surface area contributed by atoms with Crippen LogP contribution in [0.1, 0.15) is 23.2 Å². The van der Waals surface area contributed by atoms with Crippen LogP contribution in [0, 0.1) is 0 Å². The molecule has 3 nitrogen and oxygen atoms in total. The molecule has 0 atom stereocenters. The van der Waals surface area contributed by atoms with E-state index in [2.05, 4.69) is 13.2 Å². The second-order valence-electron chi connectivity index (χ2n) is 3.76. The minimum absolute atomic E-state index is 0.0453. The molecular formula is C15H20Cl2O3. The van der Waals surface area contributed by atoms with Crippen LogP contribution >= 0.6 is 23.2 Å². The lowest BCUT2D eigenvalue weighted by atomic mass is 10.1. The molecule has 0 saturated carbocycles. The molecule has 1 aromatic rings. The van der Waals surface area contributed by atoms with Gasteiger partial charge in [-0.05, 0) is 24.6 Å². The number of ether oxygens (including phenoxy) is 2. The van der Waals surface area contributed by atoms with Crippen LogP contribution in [0.2, 0.25) is 10.0 Å². The van der Waals surface area contributed by atoms with E-state index in [1.807, 2.05) is 0 Å². The SMILES string of the molecule is C=C.COCCOCCCC(=O)c1ccc(Cl)c(Cl)c1. The van der Waals surface area contributed by atoms with Crippen LogP contribution in [0.3, 0.4) is 0 Å². The Bertz CT molecular complexity index is 408. The number of rotatable bonds is 8. The molecule has 1 aromatic carbocycles. The Balaban J connectivity index is 0.00000172. The van der Waals surface area contributed by atoms with Crippen LogP contribution < -0.4 is 0 Å². The van der Waals surface area contributed by atoms with E-state index in [1.54, 1.807) is 25.3 Å². The second-order valence-corrected chi connectivity index (χ2v) is 4.58. The Morgan fingerprint density at radius 1 is 1.15 bits per heavy atom. The number of carbonyl (C=O) groups is 1. The molecule has 0 heterocycles. The Morgan fingerprint density at radius 3 is 2.45 bits per heavy atom. The van der Waals surface area contributed by atoms with Gasteiger partial charge in [0.2, 0.25) is 0 Å². The van der Waals surface area contributed by atoms with E-state index in [-0.39, 0.29) is 5.78 Å². The predicted octanol–water partition coefficient (Wildman–Crippen LogP) is 4.42. The first-order valence-corrected chi connectivity index (χ1v) is 6.95. The van der Waals surface area contributed by atoms with Crippen molar-refractivity contribution in [3.63, 3.8) is 0 Å². The van der Waals surface area contributed by atoms with Crippen molar-refractivity contribution in [1.82, 2.24) is 0 Å². The summed E-state index contributed by atoms with van der Waals surface area (Å²) in [4.78, 5) is 11.8. The second kappa shape index (κ2) is 11.9. The van der Waals surface area contributed by atoms with E-state index in [1.165, 1.54) is 0 Å². The Morgan fingerprint density at radius 2 is 1.85 bits per heavy atom. The number of hydrogen-bond donors (Lipinski definition) is 0. The monoisotopic (exact) mass is 318 g/mol. The van der Waals surface area contributed by atoms with Gasteiger partial charge in [0.1, 0.15) is 0 Å². The summed E-state index contributed by atoms with van der Waals surface area (Å²) in [6.45, 7) is 7.68. The lowest BCUT2D eigenvalue weighted by molar-refractivity contribution is 0.0670. The minimum Gasteiger partial charge on any atom is -0.382 e. The van der Waals surface area contributed by atoms with Crippen LogP contribution in [0.25, 0.3) is 0 Å². The smallest absolute Gasteiger partial charge is 0.163 e. The summed E-state index contributed by atoms with van der Waals surface area (Å²) in [5.74, 6) is 0.0453. The number of carbonyl (C=O) groups excluding carboxylic acids is 1. The summed E-state index contributed by atoms with van der Waals surface area (Å²) >= 11 is 11.6. The summed E-state index contributed by atoms with van der Waals surface area (Å²) in [6.07, 6.45) is 1.12. The maximum atomic E-state index is 11.8. The van der Waals surface area contributed by atoms with E-state index in [0.717, 1.165) is 0 Å². The van der Waals surface area contributed by atoms with Gasteiger partial charge in [-0.25, -0.2) is 0 Å². The van der Waals surface area contributed by atoms with Gasteiger partial charge in [0.15, 0.2) is 5.78 Å². The van der Waals surface area contributed by atoms with Crippen molar-refractivity contribution in [2.45, 2.75) is 12.8 Å². The molecule has 0 spiro atoms. The van der Waals surface area contributed by atoms with E-state index < -0.39 is 0 Å². The fourth-order valence-corrected chi connectivity index (χ4v) is 1.69. The highest BCUT2D eigenvalue weighted by Gasteiger charge is 2.07. The molecular weight excluding hydrogens is 299 g/mol. The molecule has 0 fully saturated rings. The van der Waals surface area contributed by atoms with Crippen LogP contribution in [0.5, 0.6) is 0 Å². The molecule has 0 aromatic heterocycles. The van der Waals surface area contributed by atoms with E-state index >= 15 is 0 Å². The first kappa shape index (κ1) is 19.1. The van der Waals surface area contributed by atoms with Crippen LogP contribution in [0.4, 0.5) is 0 Å².